The molecule has 0 unspecified atom stereocenters. The average molecular weight is 338 g/mol. The quantitative estimate of drug-likeness (QED) is 0.617. The van der Waals surface area contributed by atoms with E-state index < -0.39 is 5.97 Å². The summed E-state index contributed by atoms with van der Waals surface area (Å²) >= 11 is 0. The van der Waals surface area contributed by atoms with Crippen LogP contribution in [0.3, 0.4) is 0 Å². The maximum Gasteiger partial charge on any atom is 0.343 e. The van der Waals surface area contributed by atoms with E-state index in [2.05, 4.69) is 11.7 Å². The number of ether oxygens (including phenoxy) is 3. The standard InChI is InChI=1S/C20H18O5/c1-3-13-4-6-14(7-5-13)10-18-20(22)16-9-8-15(11-17(16)25-18)24-12-19(21)23-2/h4-11H,3,12H2,1-2H3. The Morgan fingerprint density at radius 3 is 2.60 bits per heavy atom. The normalized spacial score (nSPS) is 14.2. The van der Waals surface area contributed by atoms with Crippen molar-refractivity contribution in [2.24, 2.45) is 0 Å². The highest BCUT2D eigenvalue weighted by Gasteiger charge is 2.27. The first-order valence-electron chi connectivity index (χ1n) is 7.97. The predicted octanol–water partition coefficient (Wildman–Crippen LogP) is 3.42. The third-order valence-electron chi connectivity index (χ3n) is 3.91. The molecule has 0 aliphatic carbocycles. The summed E-state index contributed by atoms with van der Waals surface area (Å²) in [6.45, 7) is 1.89. The first-order chi connectivity index (χ1) is 12.1. The molecule has 0 fully saturated rings. The Labute approximate surface area is 145 Å². The summed E-state index contributed by atoms with van der Waals surface area (Å²) < 4.78 is 15.5. The van der Waals surface area contributed by atoms with E-state index in [9.17, 15) is 9.59 Å². The van der Waals surface area contributed by atoms with E-state index >= 15 is 0 Å². The zero-order valence-corrected chi connectivity index (χ0v) is 14.1. The zero-order valence-electron chi connectivity index (χ0n) is 14.1. The number of carbonyl (C=O) groups excluding carboxylic acids is 2. The number of hydrogen-bond donors (Lipinski definition) is 0. The van der Waals surface area contributed by atoms with Gasteiger partial charge in [0.05, 0.1) is 12.7 Å². The molecule has 1 aliphatic heterocycles. The van der Waals surface area contributed by atoms with E-state index in [1.165, 1.54) is 12.7 Å². The molecule has 5 nitrogen and oxygen atoms in total. The van der Waals surface area contributed by atoms with Crippen molar-refractivity contribution in [1.29, 1.82) is 0 Å². The zero-order chi connectivity index (χ0) is 17.8. The van der Waals surface area contributed by atoms with Crippen LogP contribution in [0, 0.1) is 0 Å². The number of carbonyl (C=O) groups is 2. The van der Waals surface area contributed by atoms with Crippen LogP contribution in [-0.2, 0) is 16.0 Å². The molecule has 0 bridgehead atoms. The van der Waals surface area contributed by atoms with Gasteiger partial charge in [-0.2, -0.15) is 0 Å². The lowest BCUT2D eigenvalue weighted by molar-refractivity contribution is -0.142. The molecule has 0 saturated heterocycles. The van der Waals surface area contributed by atoms with E-state index in [-0.39, 0.29) is 18.1 Å². The van der Waals surface area contributed by atoms with Crippen molar-refractivity contribution in [1.82, 2.24) is 0 Å². The number of fused-ring (bicyclic) bond motifs is 1. The fraction of sp³-hybridized carbons (Fsp3) is 0.200. The molecular formula is C20H18O5. The molecule has 1 heterocycles. The summed E-state index contributed by atoms with van der Waals surface area (Å²) in [4.78, 5) is 23.6. The Kier molecular flexibility index (Phi) is 4.84. The van der Waals surface area contributed by atoms with Crippen molar-refractivity contribution in [2.45, 2.75) is 13.3 Å². The number of allylic oxidation sites excluding steroid dienone is 1. The van der Waals surface area contributed by atoms with Crippen LogP contribution in [0.1, 0.15) is 28.4 Å². The molecule has 2 aromatic carbocycles. The van der Waals surface area contributed by atoms with Crippen molar-refractivity contribution in [3.8, 4) is 11.5 Å². The third kappa shape index (κ3) is 3.71. The minimum absolute atomic E-state index is 0.172. The molecule has 2 aromatic rings. The summed E-state index contributed by atoms with van der Waals surface area (Å²) in [5.41, 5.74) is 2.61. The van der Waals surface area contributed by atoms with Crippen molar-refractivity contribution in [3.05, 3.63) is 64.9 Å². The van der Waals surface area contributed by atoms with Gasteiger partial charge in [0, 0.05) is 6.07 Å². The van der Waals surface area contributed by atoms with Gasteiger partial charge >= 0.3 is 5.97 Å². The lowest BCUT2D eigenvalue weighted by Gasteiger charge is -2.05. The second-order valence-electron chi connectivity index (χ2n) is 5.56. The smallest absolute Gasteiger partial charge is 0.343 e. The van der Waals surface area contributed by atoms with Gasteiger partial charge in [-0.25, -0.2) is 4.79 Å². The second-order valence-corrected chi connectivity index (χ2v) is 5.56. The third-order valence-corrected chi connectivity index (χ3v) is 3.91. The number of ketones is 1. The topological polar surface area (TPSA) is 61.8 Å². The number of methoxy groups -OCH3 is 1. The molecular weight excluding hydrogens is 320 g/mol. The Balaban J connectivity index is 1.77. The summed E-state index contributed by atoms with van der Waals surface area (Å²) in [6, 6.07) is 12.8. The molecule has 0 atom stereocenters. The molecule has 5 heteroatoms. The maximum absolute atomic E-state index is 12.4. The second kappa shape index (κ2) is 7.21. The summed E-state index contributed by atoms with van der Waals surface area (Å²) in [5.74, 6) is 0.473. The SMILES string of the molecule is CCc1ccc(C=C2Oc3cc(OCC(=O)OC)ccc3C2=O)cc1. The molecule has 1 aliphatic rings. The molecule has 128 valence electrons. The highest BCUT2D eigenvalue weighted by Crippen LogP contribution is 2.34. The van der Waals surface area contributed by atoms with E-state index in [4.69, 9.17) is 9.47 Å². The van der Waals surface area contributed by atoms with Crippen LogP contribution < -0.4 is 9.47 Å². The van der Waals surface area contributed by atoms with Gasteiger partial charge < -0.3 is 14.2 Å². The molecule has 0 aromatic heterocycles. The molecule has 0 N–H and O–H groups in total. The molecule has 0 radical (unpaired) electrons. The van der Waals surface area contributed by atoms with E-state index in [0.29, 0.717) is 17.1 Å². The predicted molar refractivity (Wildman–Crippen MR) is 92.7 cm³/mol. The summed E-state index contributed by atoms with van der Waals surface area (Å²) in [5, 5.41) is 0. The minimum atomic E-state index is -0.478. The van der Waals surface area contributed by atoms with Gasteiger partial charge in [-0.15, -0.1) is 0 Å². The molecule has 0 saturated carbocycles. The van der Waals surface area contributed by atoms with Gasteiger partial charge in [0.1, 0.15) is 11.5 Å². The van der Waals surface area contributed by atoms with Crippen molar-refractivity contribution in [3.63, 3.8) is 0 Å². The van der Waals surface area contributed by atoms with Crippen LogP contribution in [-0.4, -0.2) is 25.5 Å². The molecule has 0 amide bonds. The van der Waals surface area contributed by atoms with Gasteiger partial charge in [-0.3, -0.25) is 4.79 Å². The number of esters is 1. The van der Waals surface area contributed by atoms with E-state index in [1.54, 1.807) is 24.3 Å². The van der Waals surface area contributed by atoms with Crippen LogP contribution in [0.2, 0.25) is 0 Å². The van der Waals surface area contributed by atoms with Gasteiger partial charge in [0.25, 0.3) is 0 Å². The first kappa shape index (κ1) is 16.8. The number of Topliss-reactive ketones (excluding diaryl/α,β-unsaturated/α-hetero) is 1. The molecule has 0 spiro atoms. The van der Waals surface area contributed by atoms with Crippen molar-refractivity contribution >= 4 is 17.8 Å². The van der Waals surface area contributed by atoms with Gasteiger partial charge in [-0.05, 0) is 35.8 Å². The Hall–Kier alpha value is -3.08. The monoisotopic (exact) mass is 338 g/mol. The Bertz CT molecular complexity index is 834. The van der Waals surface area contributed by atoms with Crippen LogP contribution in [0.4, 0.5) is 0 Å². The fourth-order valence-electron chi connectivity index (χ4n) is 2.46. The number of rotatable bonds is 5. The van der Waals surface area contributed by atoms with Crippen molar-refractivity contribution in [2.75, 3.05) is 13.7 Å². The average Bonchev–Trinajstić information content (AvgIpc) is 2.95. The van der Waals surface area contributed by atoms with E-state index in [0.717, 1.165) is 12.0 Å². The van der Waals surface area contributed by atoms with Crippen LogP contribution in [0.15, 0.2) is 48.2 Å². The highest BCUT2D eigenvalue weighted by atomic mass is 16.6. The lowest BCUT2D eigenvalue weighted by atomic mass is 10.1. The fourth-order valence-corrected chi connectivity index (χ4v) is 2.46. The minimum Gasteiger partial charge on any atom is -0.482 e. The molecule has 25 heavy (non-hydrogen) atoms. The lowest BCUT2D eigenvalue weighted by Crippen LogP contribution is -2.12. The Morgan fingerprint density at radius 1 is 1.16 bits per heavy atom. The highest BCUT2D eigenvalue weighted by molar-refractivity contribution is 6.14. The summed E-state index contributed by atoms with van der Waals surface area (Å²) in [7, 11) is 1.29. The Morgan fingerprint density at radius 2 is 1.92 bits per heavy atom. The van der Waals surface area contributed by atoms with Crippen LogP contribution in [0.25, 0.3) is 6.08 Å². The summed E-state index contributed by atoms with van der Waals surface area (Å²) in [6.07, 6.45) is 2.68. The maximum atomic E-state index is 12.4. The van der Waals surface area contributed by atoms with E-state index in [1.807, 2.05) is 24.3 Å². The van der Waals surface area contributed by atoms with Gasteiger partial charge in [0.2, 0.25) is 5.78 Å². The van der Waals surface area contributed by atoms with Crippen LogP contribution >= 0.6 is 0 Å². The van der Waals surface area contributed by atoms with Crippen LogP contribution in [0.5, 0.6) is 11.5 Å². The number of benzene rings is 2. The van der Waals surface area contributed by atoms with Gasteiger partial charge in [-0.1, -0.05) is 31.2 Å². The van der Waals surface area contributed by atoms with Gasteiger partial charge in [0.15, 0.2) is 12.4 Å². The number of hydrogen-bond acceptors (Lipinski definition) is 5. The molecule has 3 rings (SSSR count). The number of aryl methyl sites for hydroxylation is 1. The van der Waals surface area contributed by atoms with Crippen molar-refractivity contribution < 1.29 is 23.8 Å². The first-order valence-corrected chi connectivity index (χ1v) is 7.97. The largest absolute Gasteiger partial charge is 0.482 e.